The van der Waals surface area contributed by atoms with E-state index in [0.717, 1.165) is 18.7 Å². The Morgan fingerprint density at radius 1 is 1.77 bits per heavy atom. The molecule has 5 nitrogen and oxygen atoms in total. The third-order valence-corrected chi connectivity index (χ3v) is 1.46. The molecule has 0 bridgehead atoms. The molecule has 0 radical (unpaired) electrons. The molecule has 0 spiro atoms. The zero-order chi connectivity index (χ0) is 9.52. The predicted molar refractivity (Wildman–Crippen MR) is 48.6 cm³/mol. The summed E-state index contributed by atoms with van der Waals surface area (Å²) in [5.74, 6) is -0.450. The third kappa shape index (κ3) is 3.95. The number of aromatic nitrogens is 2. The molecule has 1 aromatic heterocycles. The Balaban J connectivity index is 2.12. The molecule has 70 valence electrons. The van der Waals surface area contributed by atoms with Crippen LogP contribution < -0.4 is 11.1 Å². The van der Waals surface area contributed by atoms with Crippen LogP contribution in [-0.4, -0.2) is 22.4 Å². The van der Waals surface area contributed by atoms with Crippen LogP contribution in [0, 0.1) is 0 Å². The summed E-state index contributed by atoms with van der Waals surface area (Å²) >= 11 is 0. The van der Waals surface area contributed by atoms with E-state index in [9.17, 15) is 4.79 Å². The first-order valence-electron chi connectivity index (χ1n) is 3.95. The highest BCUT2D eigenvalue weighted by Gasteiger charge is 1.90. The number of hydrogen-bond acceptors (Lipinski definition) is 3. The summed E-state index contributed by atoms with van der Waals surface area (Å²) in [6.07, 6.45) is 7.06. The summed E-state index contributed by atoms with van der Waals surface area (Å²) in [6, 6.07) is 0. The number of nitrogens with one attached hydrogen (secondary N) is 2. The van der Waals surface area contributed by atoms with Gasteiger partial charge in [-0.05, 0) is 0 Å². The first kappa shape index (κ1) is 9.31. The maximum absolute atomic E-state index is 10.3. The fourth-order valence-corrected chi connectivity index (χ4v) is 0.853. The van der Waals surface area contributed by atoms with Crippen molar-refractivity contribution in [1.29, 1.82) is 0 Å². The molecule has 0 atom stereocenters. The van der Waals surface area contributed by atoms with Gasteiger partial charge in [-0.2, -0.15) is 0 Å². The molecule has 0 aliphatic carbocycles. The number of aromatic amines is 1. The highest BCUT2D eigenvalue weighted by Crippen LogP contribution is 1.89. The van der Waals surface area contributed by atoms with Crippen LogP contribution in [0.2, 0.25) is 0 Å². The lowest BCUT2D eigenvalue weighted by Gasteiger charge is -1.97. The van der Waals surface area contributed by atoms with Gasteiger partial charge in [0, 0.05) is 37.1 Å². The van der Waals surface area contributed by atoms with Gasteiger partial charge in [-0.25, -0.2) is 4.98 Å². The Morgan fingerprint density at radius 2 is 2.62 bits per heavy atom. The molecule has 1 rings (SSSR count). The quantitative estimate of drug-likeness (QED) is 0.423. The minimum Gasteiger partial charge on any atom is -0.390 e. The second-order valence-electron chi connectivity index (χ2n) is 2.52. The number of carbonyl (C=O) groups is 1. The Kier molecular flexibility index (Phi) is 3.56. The Bertz CT molecular complexity index is 278. The lowest BCUT2D eigenvalue weighted by Crippen LogP contribution is -2.13. The molecule has 0 aromatic carbocycles. The summed E-state index contributed by atoms with van der Waals surface area (Å²) in [7, 11) is 0. The summed E-state index contributed by atoms with van der Waals surface area (Å²) in [5.41, 5.74) is 5.94. The van der Waals surface area contributed by atoms with Crippen LogP contribution in [0.4, 0.5) is 0 Å². The second-order valence-corrected chi connectivity index (χ2v) is 2.52. The zero-order valence-corrected chi connectivity index (χ0v) is 7.16. The number of H-pyrrole nitrogens is 1. The number of primary amides is 1. The van der Waals surface area contributed by atoms with Gasteiger partial charge in [-0.1, -0.05) is 0 Å². The predicted octanol–water partition coefficient (Wildman–Crippen LogP) is -0.459. The minimum absolute atomic E-state index is 0.450. The lowest BCUT2D eigenvalue weighted by atomic mass is 10.3. The van der Waals surface area contributed by atoms with Crippen LogP contribution in [0.3, 0.4) is 0 Å². The lowest BCUT2D eigenvalue weighted by molar-refractivity contribution is -0.113. The highest BCUT2D eigenvalue weighted by atomic mass is 16.1. The molecule has 0 saturated carbocycles. The van der Waals surface area contributed by atoms with E-state index >= 15 is 0 Å². The molecule has 0 saturated heterocycles. The summed E-state index contributed by atoms with van der Waals surface area (Å²) in [5, 5.41) is 2.93. The van der Waals surface area contributed by atoms with Crippen molar-refractivity contribution in [2.24, 2.45) is 5.73 Å². The van der Waals surface area contributed by atoms with Crippen molar-refractivity contribution in [1.82, 2.24) is 15.3 Å². The van der Waals surface area contributed by atoms with E-state index in [1.54, 1.807) is 18.7 Å². The van der Waals surface area contributed by atoms with E-state index in [2.05, 4.69) is 15.3 Å². The van der Waals surface area contributed by atoms with Gasteiger partial charge in [0.25, 0.3) is 0 Å². The molecule has 0 fully saturated rings. The van der Waals surface area contributed by atoms with Gasteiger partial charge in [0.2, 0.25) is 5.91 Å². The van der Waals surface area contributed by atoms with E-state index in [1.165, 1.54) is 6.08 Å². The molecule has 0 aliphatic rings. The Hall–Kier alpha value is -1.78. The fraction of sp³-hybridized carbons (Fsp3) is 0.250. The maximum Gasteiger partial charge on any atom is 0.242 e. The monoisotopic (exact) mass is 180 g/mol. The number of imidazole rings is 1. The van der Waals surface area contributed by atoms with Gasteiger partial charge in [-0.3, -0.25) is 4.79 Å². The average Bonchev–Trinajstić information content (AvgIpc) is 2.55. The molecular weight excluding hydrogens is 168 g/mol. The van der Waals surface area contributed by atoms with Crippen molar-refractivity contribution in [3.8, 4) is 0 Å². The Morgan fingerprint density at radius 3 is 3.23 bits per heavy atom. The fourth-order valence-electron chi connectivity index (χ4n) is 0.853. The molecule has 5 heteroatoms. The number of carbonyl (C=O) groups excluding carboxylic acids is 1. The SMILES string of the molecule is NC(=O)C=CNCCc1cnc[nH]1. The van der Waals surface area contributed by atoms with Crippen molar-refractivity contribution in [2.75, 3.05) is 6.54 Å². The number of nitrogens with zero attached hydrogens (tertiary/aromatic N) is 1. The summed E-state index contributed by atoms with van der Waals surface area (Å²) in [4.78, 5) is 17.1. The largest absolute Gasteiger partial charge is 0.390 e. The normalized spacial score (nSPS) is 10.5. The molecular formula is C8H12N4O. The number of rotatable bonds is 5. The van der Waals surface area contributed by atoms with Crippen molar-refractivity contribution >= 4 is 5.91 Å². The van der Waals surface area contributed by atoms with Gasteiger partial charge in [0.05, 0.1) is 6.33 Å². The van der Waals surface area contributed by atoms with E-state index in [0.29, 0.717) is 0 Å². The number of hydrogen-bond donors (Lipinski definition) is 3. The van der Waals surface area contributed by atoms with E-state index < -0.39 is 5.91 Å². The first-order valence-corrected chi connectivity index (χ1v) is 3.95. The average molecular weight is 180 g/mol. The zero-order valence-electron chi connectivity index (χ0n) is 7.16. The van der Waals surface area contributed by atoms with Crippen LogP contribution in [0.25, 0.3) is 0 Å². The third-order valence-electron chi connectivity index (χ3n) is 1.46. The van der Waals surface area contributed by atoms with Crippen molar-refractivity contribution in [2.45, 2.75) is 6.42 Å². The molecule has 1 amide bonds. The summed E-state index contributed by atoms with van der Waals surface area (Å²) in [6.45, 7) is 0.742. The topological polar surface area (TPSA) is 83.8 Å². The van der Waals surface area contributed by atoms with E-state index in [-0.39, 0.29) is 0 Å². The van der Waals surface area contributed by atoms with Crippen molar-refractivity contribution in [3.05, 3.63) is 30.5 Å². The van der Waals surface area contributed by atoms with Gasteiger partial charge in [-0.15, -0.1) is 0 Å². The van der Waals surface area contributed by atoms with Crippen molar-refractivity contribution < 1.29 is 4.79 Å². The molecule has 1 heterocycles. The van der Waals surface area contributed by atoms with Crippen LogP contribution >= 0.6 is 0 Å². The highest BCUT2D eigenvalue weighted by molar-refractivity contribution is 5.85. The molecule has 0 unspecified atom stereocenters. The molecule has 4 N–H and O–H groups in total. The van der Waals surface area contributed by atoms with Crippen molar-refractivity contribution in [3.63, 3.8) is 0 Å². The van der Waals surface area contributed by atoms with Crippen LogP contribution in [-0.2, 0) is 11.2 Å². The van der Waals surface area contributed by atoms with E-state index in [1.807, 2.05) is 0 Å². The second kappa shape index (κ2) is 4.97. The maximum atomic E-state index is 10.3. The summed E-state index contributed by atoms with van der Waals surface area (Å²) < 4.78 is 0. The van der Waals surface area contributed by atoms with Crippen LogP contribution in [0.1, 0.15) is 5.69 Å². The van der Waals surface area contributed by atoms with Gasteiger partial charge in [0.15, 0.2) is 0 Å². The number of amides is 1. The van der Waals surface area contributed by atoms with E-state index in [4.69, 9.17) is 5.73 Å². The molecule has 1 aromatic rings. The standard InChI is InChI=1S/C8H12N4O/c9-8(13)2-4-10-3-1-7-5-11-6-12-7/h2,4-6,10H,1,3H2,(H2,9,13)(H,11,12). The molecule has 0 aliphatic heterocycles. The van der Waals surface area contributed by atoms with Gasteiger partial charge < -0.3 is 16.0 Å². The smallest absolute Gasteiger partial charge is 0.242 e. The first-order chi connectivity index (χ1) is 6.29. The number of nitrogens with two attached hydrogens (primary N) is 1. The minimum atomic E-state index is -0.450. The van der Waals surface area contributed by atoms with Gasteiger partial charge >= 0.3 is 0 Å². The van der Waals surface area contributed by atoms with Crippen LogP contribution in [0.5, 0.6) is 0 Å². The van der Waals surface area contributed by atoms with Crippen LogP contribution in [0.15, 0.2) is 24.8 Å². The molecule has 13 heavy (non-hydrogen) atoms. The Labute approximate surface area is 76.0 Å². The van der Waals surface area contributed by atoms with Gasteiger partial charge in [0.1, 0.15) is 0 Å².